The van der Waals surface area contributed by atoms with Gasteiger partial charge in [-0.25, -0.2) is 8.42 Å². The number of carbonyl (C=O) groups is 1. The van der Waals surface area contributed by atoms with Crippen LogP contribution in [-0.4, -0.2) is 55.8 Å². The first-order valence-electron chi connectivity index (χ1n) is 9.09. The maximum absolute atomic E-state index is 12.7. The van der Waals surface area contributed by atoms with Gasteiger partial charge in [0.15, 0.2) is 0 Å². The predicted molar refractivity (Wildman–Crippen MR) is 105 cm³/mol. The molecule has 1 heterocycles. The molecule has 1 fully saturated rings. The molecule has 2 aromatic rings. The van der Waals surface area contributed by atoms with Crippen LogP contribution >= 0.6 is 0 Å². The SMILES string of the molecule is C[C@H](C(=O)NCc1ccccc1)N1CCN(S(=O)(=O)c2ccccc2)CC1. The lowest BCUT2D eigenvalue weighted by atomic mass is 10.2. The van der Waals surface area contributed by atoms with Crippen molar-refractivity contribution in [3.8, 4) is 0 Å². The van der Waals surface area contributed by atoms with Gasteiger partial charge in [-0.3, -0.25) is 9.69 Å². The molecule has 0 saturated carbocycles. The van der Waals surface area contributed by atoms with Crippen molar-refractivity contribution < 1.29 is 13.2 Å². The van der Waals surface area contributed by atoms with E-state index in [0.717, 1.165) is 5.56 Å². The van der Waals surface area contributed by atoms with E-state index in [1.165, 1.54) is 4.31 Å². The molecular weight excluding hydrogens is 362 g/mol. The number of nitrogens with one attached hydrogen (secondary N) is 1. The topological polar surface area (TPSA) is 69.7 Å². The van der Waals surface area contributed by atoms with Crippen molar-refractivity contribution in [3.63, 3.8) is 0 Å². The molecule has 1 aliphatic heterocycles. The number of hydrogen-bond donors (Lipinski definition) is 1. The Kier molecular flexibility index (Phi) is 6.26. The zero-order valence-electron chi connectivity index (χ0n) is 15.4. The van der Waals surface area contributed by atoms with E-state index in [1.807, 2.05) is 42.2 Å². The second-order valence-electron chi connectivity index (χ2n) is 6.63. The summed E-state index contributed by atoms with van der Waals surface area (Å²) in [6.45, 7) is 4.19. The number of nitrogens with zero attached hydrogens (tertiary/aromatic N) is 2. The minimum absolute atomic E-state index is 0.0433. The van der Waals surface area contributed by atoms with E-state index in [4.69, 9.17) is 0 Å². The van der Waals surface area contributed by atoms with Crippen molar-refractivity contribution in [1.29, 1.82) is 0 Å². The summed E-state index contributed by atoms with van der Waals surface area (Å²) >= 11 is 0. The Morgan fingerprint density at radius 1 is 0.963 bits per heavy atom. The summed E-state index contributed by atoms with van der Waals surface area (Å²) in [7, 11) is -3.47. The van der Waals surface area contributed by atoms with Gasteiger partial charge in [0.2, 0.25) is 15.9 Å². The number of hydrogen-bond acceptors (Lipinski definition) is 4. The standard InChI is InChI=1S/C20H25N3O3S/c1-17(20(24)21-16-18-8-4-2-5-9-18)22-12-14-23(15-13-22)27(25,26)19-10-6-3-7-11-19/h2-11,17H,12-16H2,1H3,(H,21,24)/t17-/m1/s1. The summed E-state index contributed by atoms with van der Waals surface area (Å²) in [5, 5.41) is 2.95. The van der Waals surface area contributed by atoms with Crippen LogP contribution in [0.1, 0.15) is 12.5 Å². The molecule has 0 aromatic heterocycles. The third-order valence-electron chi connectivity index (χ3n) is 4.89. The van der Waals surface area contributed by atoms with Crippen LogP contribution in [0, 0.1) is 0 Å². The van der Waals surface area contributed by atoms with Gasteiger partial charge >= 0.3 is 0 Å². The first-order chi connectivity index (χ1) is 13.0. The highest BCUT2D eigenvalue weighted by Gasteiger charge is 2.31. The molecule has 1 N–H and O–H groups in total. The lowest BCUT2D eigenvalue weighted by Crippen LogP contribution is -2.54. The van der Waals surface area contributed by atoms with Crippen LogP contribution in [0.3, 0.4) is 0 Å². The van der Waals surface area contributed by atoms with Gasteiger partial charge in [-0.15, -0.1) is 0 Å². The summed E-state index contributed by atoms with van der Waals surface area (Å²) in [6, 6.07) is 17.9. The Hall–Kier alpha value is -2.22. The molecule has 1 aliphatic rings. The summed E-state index contributed by atoms with van der Waals surface area (Å²) in [4.78, 5) is 14.8. The molecule has 2 aromatic carbocycles. The van der Waals surface area contributed by atoms with E-state index < -0.39 is 10.0 Å². The molecular formula is C20H25N3O3S. The van der Waals surface area contributed by atoms with Gasteiger partial charge in [-0.1, -0.05) is 48.5 Å². The normalized spacial score (nSPS) is 17.4. The fourth-order valence-electron chi connectivity index (χ4n) is 3.17. The molecule has 144 valence electrons. The third-order valence-corrected chi connectivity index (χ3v) is 6.80. The van der Waals surface area contributed by atoms with E-state index >= 15 is 0 Å². The van der Waals surface area contributed by atoms with Crippen LogP contribution < -0.4 is 5.32 Å². The Morgan fingerprint density at radius 3 is 2.11 bits per heavy atom. The fourth-order valence-corrected chi connectivity index (χ4v) is 4.61. The Balaban J connectivity index is 1.53. The van der Waals surface area contributed by atoms with E-state index in [0.29, 0.717) is 37.6 Å². The Morgan fingerprint density at radius 2 is 1.52 bits per heavy atom. The number of amides is 1. The molecule has 0 unspecified atom stereocenters. The molecule has 6 nitrogen and oxygen atoms in total. The predicted octanol–water partition coefficient (Wildman–Crippen LogP) is 1.70. The van der Waals surface area contributed by atoms with Gasteiger partial charge in [0.25, 0.3) is 0 Å². The molecule has 0 spiro atoms. The molecule has 1 saturated heterocycles. The van der Waals surface area contributed by atoms with Gasteiger partial charge in [0.05, 0.1) is 10.9 Å². The van der Waals surface area contributed by atoms with Crippen LogP contribution in [0.5, 0.6) is 0 Å². The second-order valence-corrected chi connectivity index (χ2v) is 8.57. The Labute approximate surface area is 160 Å². The third kappa shape index (κ3) is 4.74. The smallest absolute Gasteiger partial charge is 0.243 e. The summed E-state index contributed by atoms with van der Waals surface area (Å²) < 4.78 is 26.9. The molecule has 27 heavy (non-hydrogen) atoms. The van der Waals surface area contributed by atoms with Gasteiger partial charge < -0.3 is 5.32 Å². The van der Waals surface area contributed by atoms with Gasteiger partial charge in [-0.2, -0.15) is 4.31 Å². The number of carbonyl (C=O) groups excluding carboxylic acids is 1. The maximum Gasteiger partial charge on any atom is 0.243 e. The minimum atomic E-state index is -3.47. The average molecular weight is 388 g/mol. The van der Waals surface area contributed by atoms with E-state index in [2.05, 4.69) is 5.32 Å². The minimum Gasteiger partial charge on any atom is -0.351 e. The number of benzene rings is 2. The Bertz CT molecular complexity index is 849. The molecule has 0 radical (unpaired) electrons. The van der Waals surface area contributed by atoms with Crippen molar-refractivity contribution in [1.82, 2.24) is 14.5 Å². The van der Waals surface area contributed by atoms with Crippen LogP contribution in [0.4, 0.5) is 0 Å². The van der Waals surface area contributed by atoms with Crippen molar-refractivity contribution in [3.05, 3.63) is 66.2 Å². The molecule has 7 heteroatoms. The van der Waals surface area contributed by atoms with Crippen molar-refractivity contribution in [2.45, 2.75) is 24.4 Å². The zero-order valence-corrected chi connectivity index (χ0v) is 16.2. The largest absolute Gasteiger partial charge is 0.351 e. The van der Waals surface area contributed by atoms with E-state index in [9.17, 15) is 13.2 Å². The van der Waals surface area contributed by atoms with Crippen molar-refractivity contribution >= 4 is 15.9 Å². The first kappa shape index (κ1) is 19.5. The molecule has 0 bridgehead atoms. The van der Waals surface area contributed by atoms with Crippen LogP contribution in [0.15, 0.2) is 65.6 Å². The van der Waals surface area contributed by atoms with Gasteiger partial charge in [0.1, 0.15) is 0 Å². The second kappa shape index (κ2) is 8.65. The quantitative estimate of drug-likeness (QED) is 0.819. The number of sulfonamides is 1. The van der Waals surface area contributed by atoms with Crippen LogP contribution in [0.2, 0.25) is 0 Å². The van der Waals surface area contributed by atoms with Crippen molar-refractivity contribution in [2.75, 3.05) is 26.2 Å². The lowest BCUT2D eigenvalue weighted by Gasteiger charge is -2.36. The van der Waals surface area contributed by atoms with E-state index in [1.54, 1.807) is 30.3 Å². The van der Waals surface area contributed by atoms with Crippen LogP contribution in [0.25, 0.3) is 0 Å². The van der Waals surface area contributed by atoms with E-state index in [-0.39, 0.29) is 11.9 Å². The van der Waals surface area contributed by atoms with Crippen molar-refractivity contribution in [2.24, 2.45) is 0 Å². The highest BCUT2D eigenvalue weighted by atomic mass is 32.2. The first-order valence-corrected chi connectivity index (χ1v) is 10.5. The molecule has 1 amide bonds. The molecule has 1 atom stereocenters. The summed E-state index contributed by atoms with van der Waals surface area (Å²) in [6.07, 6.45) is 0. The molecule has 3 rings (SSSR count). The highest BCUT2D eigenvalue weighted by molar-refractivity contribution is 7.89. The molecule has 0 aliphatic carbocycles. The average Bonchev–Trinajstić information content (AvgIpc) is 2.73. The lowest BCUT2D eigenvalue weighted by molar-refractivity contribution is -0.126. The monoisotopic (exact) mass is 387 g/mol. The summed E-state index contributed by atoms with van der Waals surface area (Å²) in [5.41, 5.74) is 1.05. The maximum atomic E-state index is 12.7. The fraction of sp³-hybridized carbons (Fsp3) is 0.350. The number of rotatable bonds is 6. The van der Waals surface area contributed by atoms with Gasteiger partial charge in [0, 0.05) is 32.7 Å². The van der Waals surface area contributed by atoms with Gasteiger partial charge in [-0.05, 0) is 24.6 Å². The highest BCUT2D eigenvalue weighted by Crippen LogP contribution is 2.18. The zero-order chi connectivity index (χ0) is 19.3. The van der Waals surface area contributed by atoms with Crippen LogP contribution in [-0.2, 0) is 21.4 Å². The number of piperazine rings is 1. The summed E-state index contributed by atoms with van der Waals surface area (Å²) in [5.74, 6) is -0.0433.